The van der Waals surface area contributed by atoms with E-state index in [1.165, 1.54) is 0 Å². The molecular weight excluding hydrogens is 410 g/mol. The monoisotopic (exact) mass is 437 g/mol. The van der Waals surface area contributed by atoms with Crippen molar-refractivity contribution in [1.82, 2.24) is 10.6 Å². The van der Waals surface area contributed by atoms with Crippen LogP contribution in [0.5, 0.6) is 0 Å². The number of carboxylic acids is 1. The van der Waals surface area contributed by atoms with Gasteiger partial charge >= 0.3 is 12.1 Å². The van der Waals surface area contributed by atoms with E-state index in [2.05, 4.69) is 10.6 Å². The van der Waals surface area contributed by atoms with Gasteiger partial charge in [-0.3, -0.25) is 4.79 Å². The Kier molecular flexibility index (Phi) is 10.3. The van der Waals surface area contributed by atoms with Gasteiger partial charge in [0, 0.05) is 19.4 Å². The lowest BCUT2D eigenvalue weighted by Crippen LogP contribution is -2.42. The molecule has 2 amide bonds. The SMILES string of the molecule is N#Cc1ccc(C[C@@H](NC(=O)CCCCCNC(=O)OCc2ccccc2)C(=O)O)cc1. The molecule has 0 aliphatic heterocycles. The molecule has 3 N–H and O–H groups in total. The minimum atomic E-state index is -1.11. The van der Waals surface area contributed by atoms with Gasteiger partial charge in [-0.15, -0.1) is 0 Å². The van der Waals surface area contributed by atoms with Gasteiger partial charge in [0.25, 0.3) is 0 Å². The van der Waals surface area contributed by atoms with Crippen LogP contribution in [0.25, 0.3) is 0 Å². The van der Waals surface area contributed by atoms with Crippen LogP contribution in [0.1, 0.15) is 42.4 Å². The quantitative estimate of drug-likeness (QED) is 0.438. The highest BCUT2D eigenvalue weighted by atomic mass is 16.5. The largest absolute Gasteiger partial charge is 0.480 e. The van der Waals surface area contributed by atoms with Gasteiger partial charge in [0.2, 0.25) is 5.91 Å². The van der Waals surface area contributed by atoms with Gasteiger partial charge in [0.1, 0.15) is 12.6 Å². The van der Waals surface area contributed by atoms with Crippen LogP contribution in [0, 0.1) is 11.3 Å². The zero-order valence-corrected chi connectivity index (χ0v) is 17.8. The van der Waals surface area contributed by atoms with Gasteiger partial charge in [-0.1, -0.05) is 48.9 Å². The van der Waals surface area contributed by atoms with Gasteiger partial charge in [0.15, 0.2) is 0 Å². The van der Waals surface area contributed by atoms with E-state index in [0.29, 0.717) is 31.4 Å². The highest BCUT2D eigenvalue weighted by molar-refractivity contribution is 5.83. The van der Waals surface area contributed by atoms with Crippen molar-refractivity contribution < 1.29 is 24.2 Å². The molecule has 1 atom stereocenters. The molecule has 0 aliphatic rings. The van der Waals surface area contributed by atoms with Crippen LogP contribution in [-0.2, 0) is 27.4 Å². The number of carbonyl (C=O) groups is 3. The first-order valence-corrected chi connectivity index (χ1v) is 10.4. The Balaban J connectivity index is 1.59. The number of nitriles is 1. The van der Waals surface area contributed by atoms with Crippen molar-refractivity contribution >= 4 is 18.0 Å². The van der Waals surface area contributed by atoms with Gasteiger partial charge < -0.3 is 20.5 Å². The lowest BCUT2D eigenvalue weighted by molar-refractivity contribution is -0.141. The number of unbranched alkanes of at least 4 members (excludes halogenated alkanes) is 2. The summed E-state index contributed by atoms with van der Waals surface area (Å²) in [5.74, 6) is -1.44. The number of nitrogens with zero attached hydrogens (tertiary/aromatic N) is 1. The molecule has 8 heteroatoms. The van der Waals surface area contributed by atoms with E-state index >= 15 is 0 Å². The summed E-state index contributed by atoms with van der Waals surface area (Å²) in [6.45, 7) is 0.645. The molecule has 0 saturated carbocycles. The summed E-state index contributed by atoms with van der Waals surface area (Å²) in [5, 5.41) is 23.4. The molecule has 8 nitrogen and oxygen atoms in total. The van der Waals surface area contributed by atoms with E-state index in [9.17, 15) is 19.5 Å². The third-order valence-electron chi connectivity index (χ3n) is 4.72. The minimum Gasteiger partial charge on any atom is -0.480 e. The number of alkyl carbamates (subject to hydrolysis) is 1. The average Bonchev–Trinajstić information content (AvgIpc) is 2.80. The number of carbonyl (C=O) groups excluding carboxylic acids is 2. The van der Waals surface area contributed by atoms with Crippen molar-refractivity contribution in [2.75, 3.05) is 6.54 Å². The Hall–Kier alpha value is -3.86. The van der Waals surface area contributed by atoms with Crippen LogP contribution in [-0.4, -0.2) is 35.7 Å². The Morgan fingerprint density at radius 2 is 1.69 bits per heavy atom. The highest BCUT2D eigenvalue weighted by Gasteiger charge is 2.20. The molecule has 2 aromatic rings. The molecule has 32 heavy (non-hydrogen) atoms. The molecule has 2 aromatic carbocycles. The second kappa shape index (κ2) is 13.4. The van der Waals surface area contributed by atoms with E-state index in [4.69, 9.17) is 10.00 Å². The summed E-state index contributed by atoms with van der Waals surface area (Å²) < 4.78 is 5.12. The first kappa shape index (κ1) is 24.4. The molecule has 0 aliphatic carbocycles. The van der Waals surface area contributed by atoms with Crippen molar-refractivity contribution in [3.63, 3.8) is 0 Å². The van der Waals surface area contributed by atoms with Crippen LogP contribution >= 0.6 is 0 Å². The molecule has 0 aromatic heterocycles. The molecule has 0 heterocycles. The fourth-order valence-corrected chi connectivity index (χ4v) is 2.97. The fraction of sp³-hybridized carbons (Fsp3) is 0.333. The maximum atomic E-state index is 12.1. The molecule has 0 spiro atoms. The predicted octanol–water partition coefficient (Wildman–Crippen LogP) is 3.16. The van der Waals surface area contributed by atoms with Crippen molar-refractivity contribution in [1.29, 1.82) is 5.26 Å². The number of hydrogen-bond acceptors (Lipinski definition) is 5. The minimum absolute atomic E-state index is 0.141. The zero-order valence-electron chi connectivity index (χ0n) is 17.8. The lowest BCUT2D eigenvalue weighted by Gasteiger charge is -2.15. The lowest BCUT2D eigenvalue weighted by atomic mass is 10.0. The molecule has 2 rings (SSSR count). The molecule has 0 bridgehead atoms. The zero-order chi connectivity index (χ0) is 23.2. The number of nitrogens with one attached hydrogen (secondary N) is 2. The summed E-state index contributed by atoms with van der Waals surface area (Å²) in [4.78, 5) is 35.2. The number of aliphatic carboxylic acids is 1. The number of benzene rings is 2. The van der Waals surface area contributed by atoms with Crippen LogP contribution in [0.2, 0.25) is 0 Å². The summed E-state index contributed by atoms with van der Waals surface area (Å²) in [6.07, 6.45) is 1.83. The molecule has 0 fully saturated rings. The van der Waals surface area contributed by atoms with Gasteiger partial charge in [-0.05, 0) is 36.1 Å². The smallest absolute Gasteiger partial charge is 0.407 e. The van der Waals surface area contributed by atoms with Crippen LogP contribution in [0.3, 0.4) is 0 Å². The second-order valence-corrected chi connectivity index (χ2v) is 7.27. The number of hydrogen-bond donors (Lipinski definition) is 3. The van der Waals surface area contributed by atoms with E-state index in [1.807, 2.05) is 36.4 Å². The molecule has 0 radical (unpaired) electrons. The fourth-order valence-electron chi connectivity index (χ4n) is 2.97. The number of amides is 2. The van der Waals surface area contributed by atoms with Crippen LogP contribution in [0.15, 0.2) is 54.6 Å². The number of ether oxygens (including phenoxy) is 1. The number of rotatable bonds is 12. The Morgan fingerprint density at radius 1 is 0.969 bits per heavy atom. The van der Waals surface area contributed by atoms with Crippen molar-refractivity contribution in [3.8, 4) is 6.07 Å². The van der Waals surface area contributed by atoms with Gasteiger partial charge in [0.05, 0.1) is 11.6 Å². The topological polar surface area (TPSA) is 129 Å². The van der Waals surface area contributed by atoms with E-state index in [-0.39, 0.29) is 25.4 Å². The van der Waals surface area contributed by atoms with E-state index in [1.54, 1.807) is 24.3 Å². The Labute approximate surface area is 187 Å². The Morgan fingerprint density at radius 3 is 2.34 bits per heavy atom. The van der Waals surface area contributed by atoms with Gasteiger partial charge in [-0.25, -0.2) is 9.59 Å². The molecule has 168 valence electrons. The summed E-state index contributed by atoms with van der Waals surface area (Å²) >= 11 is 0. The third kappa shape index (κ3) is 9.30. The van der Waals surface area contributed by atoms with Crippen LogP contribution in [0.4, 0.5) is 4.79 Å². The molecule has 0 saturated heterocycles. The highest BCUT2D eigenvalue weighted by Crippen LogP contribution is 2.08. The van der Waals surface area contributed by atoms with Gasteiger partial charge in [-0.2, -0.15) is 5.26 Å². The average molecular weight is 437 g/mol. The third-order valence-corrected chi connectivity index (χ3v) is 4.72. The summed E-state index contributed by atoms with van der Waals surface area (Å²) in [5.41, 5.74) is 2.12. The maximum absolute atomic E-state index is 12.1. The molecular formula is C24H27N3O5. The normalized spacial score (nSPS) is 11.1. The van der Waals surface area contributed by atoms with E-state index in [0.717, 1.165) is 11.1 Å². The maximum Gasteiger partial charge on any atom is 0.407 e. The molecule has 0 unspecified atom stereocenters. The Bertz CT molecular complexity index is 923. The first-order valence-electron chi connectivity index (χ1n) is 10.4. The standard InChI is InChI=1S/C24H27N3O5/c25-16-19-12-10-18(11-13-19)15-21(23(29)30)27-22(28)9-5-2-6-14-26-24(31)32-17-20-7-3-1-4-8-20/h1,3-4,7-8,10-13,21H,2,5-6,9,14-15,17H2,(H,26,31)(H,27,28)(H,29,30)/t21-/m1/s1. The van der Waals surface area contributed by atoms with Crippen molar-refractivity contribution in [2.24, 2.45) is 0 Å². The van der Waals surface area contributed by atoms with Crippen molar-refractivity contribution in [2.45, 2.75) is 44.8 Å². The summed E-state index contributed by atoms with van der Waals surface area (Å²) in [7, 11) is 0. The van der Waals surface area contributed by atoms with E-state index < -0.39 is 18.1 Å². The first-order chi connectivity index (χ1) is 15.5. The number of carboxylic acid groups (broad SMARTS) is 1. The second-order valence-electron chi connectivity index (χ2n) is 7.27. The summed E-state index contributed by atoms with van der Waals surface area (Å²) in [6, 6.07) is 16.9. The predicted molar refractivity (Wildman–Crippen MR) is 118 cm³/mol. The van der Waals surface area contributed by atoms with Crippen LogP contribution < -0.4 is 10.6 Å². The van der Waals surface area contributed by atoms with Crippen molar-refractivity contribution in [3.05, 3.63) is 71.3 Å².